The van der Waals surface area contributed by atoms with Crippen molar-refractivity contribution >= 4 is 10.9 Å². The molecule has 3 rings (SSSR count). The molecule has 0 spiro atoms. The van der Waals surface area contributed by atoms with Gasteiger partial charge in [0.15, 0.2) is 0 Å². The molecule has 106 valence electrons. The Morgan fingerprint density at radius 1 is 1.10 bits per heavy atom. The van der Waals surface area contributed by atoms with Gasteiger partial charge >= 0.3 is 0 Å². The van der Waals surface area contributed by atoms with Crippen LogP contribution >= 0.6 is 0 Å². The minimum absolute atomic E-state index is 0.00954. The molecule has 0 amide bonds. The molecule has 3 nitrogen and oxygen atoms in total. The third-order valence-electron chi connectivity index (χ3n) is 3.52. The highest BCUT2D eigenvalue weighted by Gasteiger charge is 2.04. The molecule has 3 aromatic rings. The number of benzene rings is 2. The lowest BCUT2D eigenvalue weighted by atomic mass is 10.1. The fraction of sp³-hybridized carbons (Fsp3) is 0.167. The second kappa shape index (κ2) is 5.94. The maximum Gasteiger partial charge on any atom is 0.120 e. The van der Waals surface area contributed by atoms with Crippen molar-refractivity contribution in [2.24, 2.45) is 5.73 Å². The summed E-state index contributed by atoms with van der Waals surface area (Å²) in [6, 6.07) is 18.0. The van der Waals surface area contributed by atoms with Gasteiger partial charge in [-0.3, -0.25) is 4.98 Å². The van der Waals surface area contributed by atoms with Gasteiger partial charge in [0.25, 0.3) is 0 Å². The number of para-hydroxylation sites is 1. The van der Waals surface area contributed by atoms with Gasteiger partial charge in [-0.05, 0) is 36.8 Å². The van der Waals surface area contributed by atoms with Crippen LogP contribution in [-0.2, 0) is 6.61 Å². The molecule has 0 fully saturated rings. The number of hydrogen-bond donors (Lipinski definition) is 1. The van der Waals surface area contributed by atoms with Crippen molar-refractivity contribution in [2.45, 2.75) is 19.6 Å². The smallest absolute Gasteiger partial charge is 0.120 e. The molecule has 0 saturated heterocycles. The number of ether oxygens (including phenoxy) is 1. The predicted octanol–water partition coefficient (Wildman–Crippen LogP) is 3.83. The van der Waals surface area contributed by atoms with Crippen LogP contribution in [0.5, 0.6) is 5.75 Å². The Bertz CT molecular complexity index is 748. The summed E-state index contributed by atoms with van der Waals surface area (Å²) in [5.41, 5.74) is 9.10. The lowest BCUT2D eigenvalue weighted by Gasteiger charge is -2.11. The van der Waals surface area contributed by atoms with E-state index in [1.165, 1.54) is 0 Å². The average molecular weight is 278 g/mol. The van der Waals surface area contributed by atoms with E-state index in [0.717, 1.165) is 27.8 Å². The molecule has 0 aliphatic carbocycles. The highest BCUT2D eigenvalue weighted by atomic mass is 16.5. The second-order valence-electron chi connectivity index (χ2n) is 5.14. The molecule has 1 atom stereocenters. The number of hydrogen-bond acceptors (Lipinski definition) is 3. The van der Waals surface area contributed by atoms with Gasteiger partial charge in [0.2, 0.25) is 0 Å². The second-order valence-corrected chi connectivity index (χ2v) is 5.14. The van der Waals surface area contributed by atoms with Gasteiger partial charge in [-0.25, -0.2) is 0 Å². The van der Waals surface area contributed by atoms with Crippen LogP contribution in [0.4, 0.5) is 0 Å². The fourth-order valence-corrected chi connectivity index (χ4v) is 2.33. The molecule has 21 heavy (non-hydrogen) atoms. The van der Waals surface area contributed by atoms with E-state index in [1.54, 1.807) is 0 Å². The molecule has 2 aromatic carbocycles. The van der Waals surface area contributed by atoms with Crippen LogP contribution in [0.1, 0.15) is 24.1 Å². The van der Waals surface area contributed by atoms with Crippen molar-refractivity contribution in [2.75, 3.05) is 0 Å². The molecule has 1 heterocycles. The van der Waals surface area contributed by atoms with Crippen LogP contribution in [0.3, 0.4) is 0 Å². The first-order valence-corrected chi connectivity index (χ1v) is 7.05. The van der Waals surface area contributed by atoms with E-state index in [-0.39, 0.29) is 6.04 Å². The van der Waals surface area contributed by atoms with E-state index in [4.69, 9.17) is 10.5 Å². The van der Waals surface area contributed by atoms with E-state index in [9.17, 15) is 0 Å². The highest BCUT2D eigenvalue weighted by Crippen LogP contribution is 2.21. The molecule has 0 aliphatic rings. The number of aromatic nitrogens is 1. The molecule has 0 aliphatic heterocycles. The number of rotatable bonds is 4. The molecular formula is C18H18N2O. The van der Waals surface area contributed by atoms with Crippen LogP contribution < -0.4 is 10.5 Å². The molecule has 1 aromatic heterocycles. The predicted molar refractivity (Wildman–Crippen MR) is 85.1 cm³/mol. The summed E-state index contributed by atoms with van der Waals surface area (Å²) >= 11 is 0. The largest absolute Gasteiger partial charge is 0.489 e. The van der Waals surface area contributed by atoms with Gasteiger partial charge < -0.3 is 10.5 Å². The number of nitrogens with two attached hydrogens (primary N) is 1. The first-order chi connectivity index (χ1) is 10.2. The summed E-state index contributed by atoms with van der Waals surface area (Å²) in [5.74, 6) is 0.839. The van der Waals surface area contributed by atoms with Gasteiger partial charge in [-0.2, -0.15) is 0 Å². The topological polar surface area (TPSA) is 48.1 Å². The Hall–Kier alpha value is -2.39. The Balaban J connectivity index is 1.82. The van der Waals surface area contributed by atoms with Crippen LogP contribution in [0.2, 0.25) is 0 Å². The zero-order valence-corrected chi connectivity index (χ0v) is 12.0. The minimum Gasteiger partial charge on any atom is -0.489 e. The zero-order chi connectivity index (χ0) is 14.7. The molecule has 0 saturated carbocycles. The van der Waals surface area contributed by atoms with Gasteiger partial charge in [-0.1, -0.05) is 30.3 Å². The Kier molecular flexibility index (Phi) is 3.84. The zero-order valence-electron chi connectivity index (χ0n) is 12.0. The van der Waals surface area contributed by atoms with Crippen molar-refractivity contribution in [3.05, 3.63) is 71.9 Å². The maximum absolute atomic E-state index is 5.91. The van der Waals surface area contributed by atoms with Crippen molar-refractivity contribution < 1.29 is 4.74 Å². The van der Waals surface area contributed by atoms with Crippen LogP contribution in [0, 0.1) is 0 Å². The Labute approximate surface area is 124 Å². The quantitative estimate of drug-likeness (QED) is 0.789. The average Bonchev–Trinajstić information content (AvgIpc) is 2.53. The monoisotopic (exact) mass is 278 g/mol. The SMILES string of the molecule is C[C@H](N)c1cccc(OCc2ccnc3ccccc23)c1. The maximum atomic E-state index is 5.91. The first kappa shape index (κ1) is 13.6. The van der Waals surface area contributed by atoms with E-state index < -0.39 is 0 Å². The summed E-state index contributed by atoms with van der Waals surface area (Å²) in [7, 11) is 0. The fourth-order valence-electron chi connectivity index (χ4n) is 2.33. The van der Waals surface area contributed by atoms with E-state index in [0.29, 0.717) is 6.61 Å². The third-order valence-corrected chi connectivity index (χ3v) is 3.52. The van der Waals surface area contributed by atoms with Crippen LogP contribution in [0.25, 0.3) is 10.9 Å². The van der Waals surface area contributed by atoms with Crippen molar-refractivity contribution in [3.8, 4) is 5.75 Å². The number of nitrogens with zero attached hydrogens (tertiary/aromatic N) is 1. The summed E-state index contributed by atoms with van der Waals surface area (Å²) < 4.78 is 5.91. The molecule has 3 heteroatoms. The van der Waals surface area contributed by atoms with Crippen molar-refractivity contribution in [1.29, 1.82) is 0 Å². The van der Waals surface area contributed by atoms with E-state index in [2.05, 4.69) is 11.1 Å². The summed E-state index contributed by atoms with van der Waals surface area (Å²) in [5, 5.41) is 1.13. The lowest BCUT2D eigenvalue weighted by Crippen LogP contribution is -2.05. The van der Waals surface area contributed by atoms with Crippen molar-refractivity contribution in [1.82, 2.24) is 4.98 Å². The standard InChI is InChI=1S/C18H18N2O/c1-13(19)14-5-4-6-16(11-14)21-12-15-9-10-20-18-8-3-2-7-17(15)18/h2-11,13H,12,19H2,1H3/t13-/m0/s1. The highest BCUT2D eigenvalue weighted by molar-refractivity contribution is 5.81. The van der Waals surface area contributed by atoms with Gasteiger partial charge in [-0.15, -0.1) is 0 Å². The van der Waals surface area contributed by atoms with Gasteiger partial charge in [0, 0.05) is 23.2 Å². The van der Waals surface area contributed by atoms with Crippen LogP contribution in [-0.4, -0.2) is 4.98 Å². The lowest BCUT2D eigenvalue weighted by molar-refractivity contribution is 0.307. The summed E-state index contributed by atoms with van der Waals surface area (Å²) in [4.78, 5) is 4.36. The van der Waals surface area contributed by atoms with E-state index >= 15 is 0 Å². The summed E-state index contributed by atoms with van der Waals surface area (Å²) in [6.45, 7) is 2.49. The summed E-state index contributed by atoms with van der Waals surface area (Å²) in [6.07, 6.45) is 1.82. The normalized spacial score (nSPS) is 12.3. The molecule has 0 bridgehead atoms. The first-order valence-electron chi connectivity index (χ1n) is 7.05. The number of fused-ring (bicyclic) bond motifs is 1. The Morgan fingerprint density at radius 2 is 1.95 bits per heavy atom. The molecular weight excluding hydrogens is 260 g/mol. The molecule has 2 N–H and O–H groups in total. The van der Waals surface area contributed by atoms with Crippen molar-refractivity contribution in [3.63, 3.8) is 0 Å². The number of pyridine rings is 1. The molecule has 0 radical (unpaired) electrons. The van der Waals surface area contributed by atoms with Gasteiger partial charge in [0.05, 0.1) is 5.52 Å². The molecule has 0 unspecified atom stereocenters. The minimum atomic E-state index is 0.00954. The Morgan fingerprint density at radius 3 is 2.81 bits per heavy atom. The third kappa shape index (κ3) is 3.03. The van der Waals surface area contributed by atoms with E-state index in [1.807, 2.05) is 61.7 Å². The van der Waals surface area contributed by atoms with Crippen LogP contribution in [0.15, 0.2) is 60.8 Å². The van der Waals surface area contributed by atoms with Gasteiger partial charge in [0.1, 0.15) is 12.4 Å².